The number of carbonyl (C=O) groups is 1. The Morgan fingerprint density at radius 3 is 2.95 bits per heavy atom. The zero-order valence-corrected chi connectivity index (χ0v) is 11.1. The van der Waals surface area contributed by atoms with Gasteiger partial charge in [-0.25, -0.2) is 4.39 Å². The highest BCUT2D eigenvalue weighted by Gasteiger charge is 2.42. The van der Waals surface area contributed by atoms with Crippen LogP contribution in [0.5, 0.6) is 0 Å². The molecule has 2 fully saturated rings. The minimum Gasteiger partial charge on any atom is -0.381 e. The summed E-state index contributed by atoms with van der Waals surface area (Å²) in [5, 5.41) is 0. The predicted molar refractivity (Wildman–Crippen MR) is 69.5 cm³/mol. The van der Waals surface area contributed by atoms with E-state index in [1.54, 1.807) is 19.1 Å². The quantitative estimate of drug-likeness (QED) is 0.778. The Morgan fingerprint density at radius 2 is 2.26 bits per heavy atom. The summed E-state index contributed by atoms with van der Waals surface area (Å²) in [4.78, 5) is 14.3. The molecule has 0 aromatic heterocycles. The number of aryl methyl sites for hydroxylation is 1. The number of carbonyl (C=O) groups excluding carboxylic acids is 1. The van der Waals surface area contributed by atoms with E-state index in [1.807, 2.05) is 4.90 Å². The fraction of sp³-hybridized carbons (Fsp3) is 0.533. The van der Waals surface area contributed by atoms with Crippen molar-refractivity contribution in [3.05, 3.63) is 35.1 Å². The first kappa shape index (κ1) is 12.6. The van der Waals surface area contributed by atoms with Gasteiger partial charge in [0.2, 0.25) is 0 Å². The second-order valence-electron chi connectivity index (χ2n) is 5.74. The van der Waals surface area contributed by atoms with Gasteiger partial charge in [-0.05, 0) is 43.5 Å². The van der Waals surface area contributed by atoms with Gasteiger partial charge in [-0.3, -0.25) is 4.79 Å². The number of ether oxygens (including phenoxy) is 1. The van der Waals surface area contributed by atoms with Crippen molar-refractivity contribution < 1.29 is 13.9 Å². The molecule has 2 saturated heterocycles. The van der Waals surface area contributed by atoms with Crippen LogP contribution in [-0.2, 0) is 4.74 Å². The van der Waals surface area contributed by atoms with Gasteiger partial charge >= 0.3 is 0 Å². The molecule has 0 saturated carbocycles. The maximum atomic E-state index is 13.2. The van der Waals surface area contributed by atoms with Gasteiger partial charge in [0.25, 0.3) is 5.91 Å². The predicted octanol–water partition coefficient (Wildman–Crippen LogP) is 2.39. The smallest absolute Gasteiger partial charge is 0.253 e. The molecule has 2 aliphatic rings. The number of amides is 1. The average Bonchev–Trinajstić information content (AvgIpc) is 3.03. The number of rotatable bonds is 1. The third-order valence-electron chi connectivity index (χ3n) is 4.32. The number of hydrogen-bond donors (Lipinski definition) is 0. The minimum atomic E-state index is -0.265. The molecule has 0 N–H and O–H groups in total. The van der Waals surface area contributed by atoms with Gasteiger partial charge in [0.1, 0.15) is 5.82 Å². The Bertz CT molecular complexity index is 509. The monoisotopic (exact) mass is 263 g/mol. The molecule has 1 amide bonds. The van der Waals surface area contributed by atoms with Gasteiger partial charge < -0.3 is 9.64 Å². The fourth-order valence-electron chi connectivity index (χ4n) is 3.04. The summed E-state index contributed by atoms with van der Waals surface area (Å²) in [5.41, 5.74) is 1.27. The highest BCUT2D eigenvalue weighted by Crippen LogP contribution is 2.38. The lowest BCUT2D eigenvalue weighted by Gasteiger charge is -2.22. The van der Waals surface area contributed by atoms with Crippen molar-refractivity contribution in [2.45, 2.75) is 19.8 Å². The Kier molecular flexibility index (Phi) is 3.05. The van der Waals surface area contributed by atoms with E-state index < -0.39 is 0 Å². The van der Waals surface area contributed by atoms with Crippen LogP contribution in [-0.4, -0.2) is 37.1 Å². The normalized spacial score (nSPS) is 26.3. The average molecular weight is 263 g/mol. The van der Waals surface area contributed by atoms with Crippen molar-refractivity contribution in [3.8, 4) is 0 Å². The molecular weight excluding hydrogens is 245 g/mol. The van der Waals surface area contributed by atoms with Crippen molar-refractivity contribution in [1.29, 1.82) is 0 Å². The van der Waals surface area contributed by atoms with E-state index in [2.05, 4.69) is 0 Å². The Balaban J connectivity index is 1.76. The SMILES string of the molecule is Cc1cc(C(=O)N2CCC3(CCOC3)C2)ccc1F. The van der Waals surface area contributed by atoms with Gasteiger partial charge in [0.15, 0.2) is 0 Å². The summed E-state index contributed by atoms with van der Waals surface area (Å²) >= 11 is 0. The maximum Gasteiger partial charge on any atom is 0.253 e. The third kappa shape index (κ3) is 2.25. The standard InChI is InChI=1S/C15H18FNO2/c1-11-8-12(2-3-13(11)16)14(18)17-6-4-15(9-17)5-7-19-10-15/h2-3,8H,4-7,9-10H2,1H3. The zero-order valence-electron chi connectivity index (χ0n) is 11.1. The highest BCUT2D eigenvalue weighted by molar-refractivity contribution is 5.94. The molecule has 0 bridgehead atoms. The van der Waals surface area contributed by atoms with E-state index in [-0.39, 0.29) is 17.1 Å². The van der Waals surface area contributed by atoms with Crippen LogP contribution in [0.2, 0.25) is 0 Å². The zero-order chi connectivity index (χ0) is 13.5. The van der Waals surface area contributed by atoms with Gasteiger partial charge in [-0.1, -0.05) is 0 Å². The Morgan fingerprint density at radius 1 is 1.42 bits per heavy atom. The molecule has 1 atom stereocenters. The molecule has 1 unspecified atom stereocenters. The molecule has 19 heavy (non-hydrogen) atoms. The summed E-state index contributed by atoms with van der Waals surface area (Å²) in [6.45, 7) is 4.79. The van der Waals surface area contributed by atoms with Crippen LogP contribution in [0.25, 0.3) is 0 Å². The first-order valence-corrected chi connectivity index (χ1v) is 6.73. The first-order valence-electron chi connectivity index (χ1n) is 6.73. The number of nitrogens with zero attached hydrogens (tertiary/aromatic N) is 1. The van der Waals surface area contributed by atoms with Crippen molar-refractivity contribution in [2.24, 2.45) is 5.41 Å². The van der Waals surface area contributed by atoms with Gasteiger partial charge in [0, 0.05) is 30.7 Å². The molecule has 3 rings (SSSR count). The molecular formula is C15H18FNO2. The number of halogens is 1. The molecule has 1 spiro atoms. The van der Waals surface area contributed by atoms with E-state index in [0.717, 1.165) is 39.1 Å². The van der Waals surface area contributed by atoms with E-state index in [1.165, 1.54) is 6.07 Å². The summed E-state index contributed by atoms with van der Waals surface area (Å²) < 4.78 is 18.7. The number of benzene rings is 1. The molecule has 4 heteroatoms. The van der Waals surface area contributed by atoms with E-state index in [9.17, 15) is 9.18 Å². The van der Waals surface area contributed by atoms with Crippen molar-refractivity contribution in [2.75, 3.05) is 26.3 Å². The topological polar surface area (TPSA) is 29.5 Å². The molecule has 1 aromatic rings. The van der Waals surface area contributed by atoms with Crippen LogP contribution in [0.4, 0.5) is 4.39 Å². The summed E-state index contributed by atoms with van der Waals surface area (Å²) in [6, 6.07) is 4.57. The van der Waals surface area contributed by atoms with Crippen LogP contribution in [0.1, 0.15) is 28.8 Å². The molecule has 1 aromatic carbocycles. The second kappa shape index (κ2) is 4.60. The molecule has 102 valence electrons. The maximum absolute atomic E-state index is 13.2. The van der Waals surface area contributed by atoms with Gasteiger partial charge in [0.05, 0.1) is 6.61 Å². The van der Waals surface area contributed by atoms with Crippen LogP contribution in [0.15, 0.2) is 18.2 Å². The first-order chi connectivity index (χ1) is 9.10. The fourth-order valence-corrected chi connectivity index (χ4v) is 3.04. The largest absolute Gasteiger partial charge is 0.381 e. The van der Waals surface area contributed by atoms with Crippen molar-refractivity contribution >= 4 is 5.91 Å². The number of likely N-dealkylation sites (tertiary alicyclic amines) is 1. The minimum absolute atomic E-state index is 0.00637. The molecule has 0 radical (unpaired) electrons. The molecule has 2 aliphatic heterocycles. The molecule has 3 nitrogen and oxygen atoms in total. The Labute approximate surface area is 112 Å². The Hall–Kier alpha value is -1.42. The van der Waals surface area contributed by atoms with Crippen molar-refractivity contribution in [3.63, 3.8) is 0 Å². The summed E-state index contributed by atoms with van der Waals surface area (Å²) in [6.07, 6.45) is 2.05. The third-order valence-corrected chi connectivity index (χ3v) is 4.32. The lowest BCUT2D eigenvalue weighted by molar-refractivity contribution is 0.0765. The summed E-state index contributed by atoms with van der Waals surface area (Å²) in [7, 11) is 0. The van der Waals surface area contributed by atoms with E-state index >= 15 is 0 Å². The van der Waals surface area contributed by atoms with Crippen LogP contribution in [0.3, 0.4) is 0 Å². The van der Waals surface area contributed by atoms with Gasteiger partial charge in [-0.2, -0.15) is 0 Å². The lowest BCUT2D eigenvalue weighted by Crippen LogP contribution is -2.32. The van der Waals surface area contributed by atoms with Gasteiger partial charge in [-0.15, -0.1) is 0 Å². The molecule has 2 heterocycles. The second-order valence-corrected chi connectivity index (χ2v) is 5.74. The molecule has 0 aliphatic carbocycles. The summed E-state index contributed by atoms with van der Waals surface area (Å²) in [5.74, 6) is -0.259. The van der Waals surface area contributed by atoms with Crippen LogP contribution in [0, 0.1) is 18.2 Å². The lowest BCUT2D eigenvalue weighted by atomic mass is 9.87. The van der Waals surface area contributed by atoms with Crippen LogP contribution < -0.4 is 0 Å². The van der Waals surface area contributed by atoms with Crippen LogP contribution >= 0.6 is 0 Å². The number of hydrogen-bond acceptors (Lipinski definition) is 2. The highest BCUT2D eigenvalue weighted by atomic mass is 19.1. The van der Waals surface area contributed by atoms with E-state index in [4.69, 9.17) is 4.74 Å². The van der Waals surface area contributed by atoms with E-state index in [0.29, 0.717) is 11.1 Å². The van der Waals surface area contributed by atoms with Crippen molar-refractivity contribution in [1.82, 2.24) is 4.90 Å².